The molecule has 2 bridgehead atoms. The zero-order chi connectivity index (χ0) is 40.9. The first-order valence-electron chi connectivity index (χ1n) is 21.6. The lowest BCUT2D eigenvalue weighted by molar-refractivity contribution is 0.256. The highest BCUT2D eigenvalue weighted by atomic mass is 16.5. The van der Waals surface area contributed by atoms with Crippen LogP contribution in [0.4, 0.5) is 28.4 Å². The number of hydrogen-bond acceptors (Lipinski definition) is 4. The second-order valence-electron chi connectivity index (χ2n) is 17.5. The van der Waals surface area contributed by atoms with Crippen LogP contribution < -0.4 is 14.5 Å². The van der Waals surface area contributed by atoms with E-state index in [-0.39, 0.29) is 23.9 Å². The highest BCUT2D eigenvalue weighted by Gasteiger charge is 2.39. The number of para-hydroxylation sites is 3. The number of furan rings is 1. The lowest BCUT2D eigenvalue weighted by Crippen LogP contribution is -2.23. The van der Waals surface area contributed by atoms with Crippen molar-refractivity contribution in [1.29, 1.82) is 0 Å². The van der Waals surface area contributed by atoms with E-state index in [4.69, 9.17) is 9.15 Å². The standard InChI is InChI=1S/C57H46N2O2/c1-34-17-26-41(27-18-34)58(51-15-7-13-45-43-11-5-9-36(3)54(43)60-56(45)51)49-31-24-38-23-30-47-50(32-25-39-21-22-40(49)33-48(38)53(39)47)59(42-28-19-35(2)20-29-42)52-16-8-14-46-44-12-6-10-37(4)55(44)61-57(46)52/h5-32,40,44,48,55H,33H2,1-4H3. The molecule has 0 spiro atoms. The van der Waals surface area contributed by atoms with E-state index in [0.29, 0.717) is 0 Å². The third-order valence-electron chi connectivity index (χ3n) is 13.7. The van der Waals surface area contributed by atoms with Gasteiger partial charge >= 0.3 is 0 Å². The second kappa shape index (κ2) is 13.8. The van der Waals surface area contributed by atoms with Crippen LogP contribution in [0.25, 0.3) is 34.1 Å². The van der Waals surface area contributed by atoms with Crippen LogP contribution in [0.5, 0.6) is 5.75 Å². The monoisotopic (exact) mass is 790 g/mol. The van der Waals surface area contributed by atoms with Gasteiger partial charge in [-0.05, 0) is 110 Å². The van der Waals surface area contributed by atoms with E-state index in [2.05, 4.69) is 207 Å². The molecule has 5 aliphatic rings. The van der Waals surface area contributed by atoms with E-state index in [1.54, 1.807) is 0 Å². The summed E-state index contributed by atoms with van der Waals surface area (Å²) >= 11 is 0. The molecule has 4 aliphatic carbocycles. The van der Waals surface area contributed by atoms with Crippen molar-refractivity contribution in [1.82, 2.24) is 0 Å². The smallest absolute Gasteiger partial charge is 0.159 e. The van der Waals surface area contributed by atoms with Crippen molar-refractivity contribution in [2.75, 3.05) is 9.80 Å². The topological polar surface area (TPSA) is 28.9 Å². The number of aryl methyl sites for hydroxylation is 3. The van der Waals surface area contributed by atoms with Crippen LogP contribution >= 0.6 is 0 Å². The number of rotatable bonds is 6. The molecule has 61 heavy (non-hydrogen) atoms. The summed E-state index contributed by atoms with van der Waals surface area (Å²) in [4.78, 5) is 4.89. The molecule has 0 amide bonds. The average molecular weight is 791 g/mol. The van der Waals surface area contributed by atoms with Crippen LogP contribution in [0.1, 0.15) is 64.1 Å². The first-order chi connectivity index (χ1) is 29.9. The number of hydrogen-bond donors (Lipinski definition) is 0. The van der Waals surface area contributed by atoms with Gasteiger partial charge < -0.3 is 19.0 Å². The normalized spacial score (nSPS) is 20.3. The highest BCUT2D eigenvalue weighted by Crippen LogP contribution is 2.55. The van der Waals surface area contributed by atoms with Crippen molar-refractivity contribution in [3.8, 4) is 5.75 Å². The zero-order valence-electron chi connectivity index (χ0n) is 34.9. The van der Waals surface area contributed by atoms with Crippen molar-refractivity contribution in [3.63, 3.8) is 0 Å². The summed E-state index contributed by atoms with van der Waals surface area (Å²) in [5.74, 6) is 1.50. The third kappa shape index (κ3) is 5.58. The van der Waals surface area contributed by atoms with Crippen molar-refractivity contribution < 1.29 is 9.15 Å². The van der Waals surface area contributed by atoms with Crippen molar-refractivity contribution in [2.45, 2.75) is 52.1 Å². The van der Waals surface area contributed by atoms with Gasteiger partial charge in [-0.15, -0.1) is 0 Å². The molecule has 7 aromatic rings. The summed E-state index contributed by atoms with van der Waals surface area (Å²) in [6, 6.07) is 42.2. The Balaban J connectivity index is 1.00. The SMILES string of the molecule is CC1=CC=CC2c3cccc(N(c4ccc(C)cc4)c4ccc5c6c4C=CC4=CC=C(N(c7ccc(C)cc7)c7cccc8c7oc7c(C)cccc78)C(C=C5)CC46)c3OC12. The Morgan fingerprint density at radius 1 is 0.590 bits per heavy atom. The van der Waals surface area contributed by atoms with Crippen LogP contribution in [0, 0.1) is 26.7 Å². The van der Waals surface area contributed by atoms with Crippen LogP contribution in [-0.2, 0) is 0 Å². The van der Waals surface area contributed by atoms with Gasteiger partial charge in [-0.25, -0.2) is 0 Å². The molecule has 0 saturated heterocycles. The Bertz CT molecular complexity index is 3150. The van der Waals surface area contributed by atoms with E-state index in [1.807, 2.05) is 0 Å². The van der Waals surface area contributed by atoms with Crippen molar-refractivity contribution in [2.24, 2.45) is 5.92 Å². The largest absolute Gasteiger partial charge is 0.483 e. The molecule has 4 unspecified atom stereocenters. The molecular formula is C57H46N2O2. The summed E-state index contributed by atoms with van der Waals surface area (Å²) in [7, 11) is 0. The molecule has 0 N–H and O–H groups in total. The Labute approximate surface area is 357 Å². The minimum atomic E-state index is 0.0104. The predicted octanol–water partition coefficient (Wildman–Crippen LogP) is 15.1. The fourth-order valence-electron chi connectivity index (χ4n) is 10.6. The Kier molecular flexibility index (Phi) is 8.09. The molecule has 0 saturated carbocycles. The average Bonchev–Trinajstić information content (AvgIpc) is 3.73. The van der Waals surface area contributed by atoms with Gasteiger partial charge in [-0.1, -0.05) is 133 Å². The van der Waals surface area contributed by atoms with Gasteiger partial charge in [0.05, 0.1) is 17.1 Å². The first-order valence-corrected chi connectivity index (χ1v) is 21.6. The summed E-state index contributed by atoms with van der Waals surface area (Å²) in [5, 5.41) is 2.28. The molecule has 4 nitrogen and oxygen atoms in total. The summed E-state index contributed by atoms with van der Waals surface area (Å²) in [6.45, 7) is 8.62. The van der Waals surface area contributed by atoms with Gasteiger partial charge in [0.15, 0.2) is 5.58 Å². The fraction of sp³-hybridized carbons (Fsp3) is 0.158. The number of fused-ring (bicyclic) bond motifs is 7. The lowest BCUT2D eigenvalue weighted by atomic mass is 9.77. The Hall–Kier alpha value is -7.04. The van der Waals surface area contributed by atoms with E-state index >= 15 is 0 Å². The van der Waals surface area contributed by atoms with Crippen LogP contribution in [-0.4, -0.2) is 6.10 Å². The predicted molar refractivity (Wildman–Crippen MR) is 253 cm³/mol. The fourth-order valence-corrected chi connectivity index (χ4v) is 10.6. The minimum Gasteiger partial charge on any atom is -0.483 e. The van der Waals surface area contributed by atoms with Crippen LogP contribution in [0.2, 0.25) is 0 Å². The Morgan fingerprint density at radius 3 is 2.11 bits per heavy atom. The van der Waals surface area contributed by atoms with Gasteiger partial charge in [0, 0.05) is 56.7 Å². The van der Waals surface area contributed by atoms with E-state index < -0.39 is 0 Å². The number of ether oxygens (including phenoxy) is 1. The quantitative estimate of drug-likeness (QED) is 0.168. The molecule has 0 fully saturated rings. The number of allylic oxidation sites excluding steroid dienone is 7. The molecule has 296 valence electrons. The maximum Gasteiger partial charge on any atom is 0.159 e. The molecule has 1 aromatic heterocycles. The molecule has 12 rings (SSSR count). The van der Waals surface area contributed by atoms with Gasteiger partial charge in [-0.2, -0.15) is 0 Å². The van der Waals surface area contributed by atoms with Gasteiger partial charge in [0.1, 0.15) is 17.4 Å². The van der Waals surface area contributed by atoms with Gasteiger partial charge in [-0.3, -0.25) is 0 Å². The molecule has 4 atom stereocenters. The lowest BCUT2D eigenvalue weighted by Gasteiger charge is -2.34. The maximum absolute atomic E-state index is 6.95. The molecule has 1 aliphatic heterocycles. The van der Waals surface area contributed by atoms with Crippen LogP contribution in [0.3, 0.4) is 0 Å². The van der Waals surface area contributed by atoms with Crippen molar-refractivity contribution in [3.05, 3.63) is 214 Å². The molecule has 0 radical (unpaired) electrons. The second-order valence-corrected chi connectivity index (χ2v) is 17.5. The van der Waals surface area contributed by atoms with E-state index in [0.717, 1.165) is 68.1 Å². The van der Waals surface area contributed by atoms with Gasteiger partial charge in [0.25, 0.3) is 0 Å². The van der Waals surface area contributed by atoms with Crippen LogP contribution in [0.15, 0.2) is 179 Å². The summed E-state index contributed by atoms with van der Waals surface area (Å²) in [5.41, 5.74) is 19.9. The van der Waals surface area contributed by atoms with Crippen molar-refractivity contribution >= 4 is 62.5 Å². The highest BCUT2D eigenvalue weighted by molar-refractivity contribution is 6.10. The number of nitrogens with zero attached hydrogens (tertiary/aromatic N) is 2. The molecule has 2 heterocycles. The third-order valence-corrected chi connectivity index (χ3v) is 13.7. The maximum atomic E-state index is 6.95. The van der Waals surface area contributed by atoms with E-state index in [1.165, 1.54) is 50.2 Å². The number of anilines is 5. The molecular weight excluding hydrogens is 745 g/mol. The number of benzene rings is 6. The summed E-state index contributed by atoms with van der Waals surface area (Å²) < 4.78 is 13.8. The summed E-state index contributed by atoms with van der Waals surface area (Å²) in [6.07, 6.45) is 21.9. The minimum absolute atomic E-state index is 0.0104. The Morgan fingerprint density at radius 2 is 1.31 bits per heavy atom. The van der Waals surface area contributed by atoms with E-state index in [9.17, 15) is 0 Å². The molecule has 4 heteroatoms. The zero-order valence-corrected chi connectivity index (χ0v) is 34.9. The van der Waals surface area contributed by atoms with Gasteiger partial charge in [0.2, 0.25) is 0 Å². The molecule has 6 aromatic carbocycles. The first kappa shape index (κ1) is 35.9.